The lowest BCUT2D eigenvalue weighted by Crippen LogP contribution is -2.21. The Bertz CT molecular complexity index is 522. The number of aryl methyl sites for hydroxylation is 1. The molecule has 1 heterocycles. The molecule has 0 spiro atoms. The van der Waals surface area contributed by atoms with Gasteiger partial charge in [-0.1, -0.05) is 17.7 Å². The Kier molecular flexibility index (Phi) is 3.35. The average Bonchev–Trinajstić information content (AvgIpc) is 2.99. The van der Waals surface area contributed by atoms with E-state index in [9.17, 15) is 0 Å². The van der Waals surface area contributed by atoms with Gasteiger partial charge in [0.15, 0.2) is 0 Å². The van der Waals surface area contributed by atoms with Crippen LogP contribution in [0.3, 0.4) is 0 Å². The Balaban J connectivity index is 1.59. The Hall–Kier alpha value is -1.32. The molecule has 3 nitrogen and oxygen atoms in total. The Morgan fingerprint density at radius 1 is 1.44 bits per heavy atom. The minimum atomic E-state index is 0.472. The molecule has 1 aliphatic carbocycles. The molecular formula is C14H16ClN3. The van der Waals surface area contributed by atoms with E-state index in [1.165, 1.54) is 23.2 Å². The summed E-state index contributed by atoms with van der Waals surface area (Å²) in [4.78, 5) is 7.14. The third-order valence-electron chi connectivity index (χ3n) is 3.52. The van der Waals surface area contributed by atoms with Gasteiger partial charge in [-0.05, 0) is 36.1 Å². The van der Waals surface area contributed by atoms with Crippen LogP contribution in [0.15, 0.2) is 30.7 Å². The summed E-state index contributed by atoms with van der Waals surface area (Å²) >= 11 is 6.01. The zero-order valence-corrected chi connectivity index (χ0v) is 10.9. The van der Waals surface area contributed by atoms with E-state index in [1.807, 2.05) is 12.3 Å². The lowest BCUT2D eigenvalue weighted by atomic mass is 10.1. The van der Waals surface area contributed by atoms with E-state index in [0.29, 0.717) is 6.04 Å². The van der Waals surface area contributed by atoms with Crippen LogP contribution in [-0.4, -0.2) is 16.5 Å². The van der Waals surface area contributed by atoms with E-state index in [4.69, 9.17) is 11.6 Å². The van der Waals surface area contributed by atoms with E-state index < -0.39 is 0 Å². The van der Waals surface area contributed by atoms with Crippen molar-refractivity contribution in [2.24, 2.45) is 0 Å². The topological polar surface area (TPSA) is 40.7 Å². The van der Waals surface area contributed by atoms with Crippen LogP contribution in [0.5, 0.6) is 0 Å². The highest BCUT2D eigenvalue weighted by Crippen LogP contribution is 2.32. The number of nitrogens with one attached hydrogen (secondary N) is 2. The van der Waals surface area contributed by atoms with Gasteiger partial charge in [0, 0.05) is 35.9 Å². The molecule has 94 valence electrons. The summed E-state index contributed by atoms with van der Waals surface area (Å²) in [5, 5.41) is 4.44. The van der Waals surface area contributed by atoms with Crippen LogP contribution in [0.25, 0.3) is 0 Å². The first kappa shape index (κ1) is 11.8. The molecule has 1 unspecified atom stereocenters. The molecule has 0 amide bonds. The lowest BCUT2D eigenvalue weighted by Gasteiger charge is -2.13. The minimum Gasteiger partial charge on any atom is -0.348 e. The van der Waals surface area contributed by atoms with Gasteiger partial charge in [0.25, 0.3) is 0 Å². The monoisotopic (exact) mass is 261 g/mol. The van der Waals surface area contributed by atoms with Crippen molar-refractivity contribution in [3.8, 4) is 0 Å². The quantitative estimate of drug-likeness (QED) is 0.889. The maximum absolute atomic E-state index is 6.01. The average molecular weight is 262 g/mol. The highest BCUT2D eigenvalue weighted by Gasteiger charge is 2.21. The molecular weight excluding hydrogens is 246 g/mol. The Morgan fingerprint density at radius 2 is 2.39 bits per heavy atom. The number of aromatic nitrogens is 2. The molecule has 0 saturated heterocycles. The van der Waals surface area contributed by atoms with E-state index >= 15 is 0 Å². The summed E-state index contributed by atoms with van der Waals surface area (Å²) in [6.07, 6.45) is 6.88. The van der Waals surface area contributed by atoms with Crippen molar-refractivity contribution in [2.75, 3.05) is 6.54 Å². The van der Waals surface area contributed by atoms with Crippen molar-refractivity contribution in [3.63, 3.8) is 0 Å². The summed E-state index contributed by atoms with van der Waals surface area (Å²) in [6.45, 7) is 0.967. The summed E-state index contributed by atoms with van der Waals surface area (Å²) in [5.41, 5.74) is 3.97. The number of aromatic amines is 1. The van der Waals surface area contributed by atoms with Gasteiger partial charge in [0.05, 0.1) is 6.33 Å². The molecule has 0 aliphatic heterocycles. The number of benzene rings is 1. The van der Waals surface area contributed by atoms with Crippen molar-refractivity contribution in [1.29, 1.82) is 0 Å². The van der Waals surface area contributed by atoms with Crippen LogP contribution in [-0.2, 0) is 12.8 Å². The molecule has 1 aliphatic rings. The number of hydrogen-bond donors (Lipinski definition) is 2. The largest absolute Gasteiger partial charge is 0.348 e. The van der Waals surface area contributed by atoms with Crippen molar-refractivity contribution in [2.45, 2.75) is 25.3 Å². The van der Waals surface area contributed by atoms with Crippen LogP contribution in [0.1, 0.15) is 29.3 Å². The molecule has 0 fully saturated rings. The van der Waals surface area contributed by atoms with Gasteiger partial charge in [0.1, 0.15) is 0 Å². The number of imidazole rings is 1. The second-order valence-electron chi connectivity index (χ2n) is 4.72. The third-order valence-corrected chi connectivity index (χ3v) is 3.76. The molecule has 1 aromatic heterocycles. The highest BCUT2D eigenvalue weighted by molar-refractivity contribution is 6.30. The molecule has 1 atom stereocenters. The summed E-state index contributed by atoms with van der Waals surface area (Å²) in [5.74, 6) is 0. The normalized spacial score (nSPS) is 17.9. The minimum absolute atomic E-state index is 0.472. The smallest absolute Gasteiger partial charge is 0.0921 e. The molecule has 2 N–H and O–H groups in total. The van der Waals surface area contributed by atoms with Crippen LogP contribution in [0.4, 0.5) is 0 Å². The van der Waals surface area contributed by atoms with Crippen molar-refractivity contribution >= 4 is 11.6 Å². The number of fused-ring (bicyclic) bond motifs is 1. The predicted molar refractivity (Wildman–Crippen MR) is 72.8 cm³/mol. The second kappa shape index (κ2) is 5.12. The van der Waals surface area contributed by atoms with E-state index in [2.05, 4.69) is 27.4 Å². The van der Waals surface area contributed by atoms with Crippen molar-refractivity contribution in [3.05, 3.63) is 52.6 Å². The van der Waals surface area contributed by atoms with Crippen LogP contribution in [0, 0.1) is 0 Å². The van der Waals surface area contributed by atoms with Gasteiger partial charge in [-0.15, -0.1) is 0 Å². The van der Waals surface area contributed by atoms with Gasteiger partial charge in [-0.25, -0.2) is 4.98 Å². The number of halogens is 1. The zero-order valence-electron chi connectivity index (χ0n) is 10.1. The fourth-order valence-corrected chi connectivity index (χ4v) is 2.80. The van der Waals surface area contributed by atoms with Crippen molar-refractivity contribution < 1.29 is 0 Å². The molecule has 0 bridgehead atoms. The maximum atomic E-state index is 6.01. The SMILES string of the molecule is Clc1ccc2c(c1)CCC2NCCc1cnc[nH]1. The van der Waals surface area contributed by atoms with Gasteiger partial charge >= 0.3 is 0 Å². The van der Waals surface area contributed by atoms with Gasteiger partial charge in [-0.2, -0.15) is 0 Å². The molecule has 2 aromatic rings. The molecule has 1 aromatic carbocycles. The Labute approximate surface area is 112 Å². The summed E-state index contributed by atoms with van der Waals surface area (Å²) < 4.78 is 0. The van der Waals surface area contributed by atoms with E-state index in [-0.39, 0.29) is 0 Å². The fourth-order valence-electron chi connectivity index (χ4n) is 2.60. The Morgan fingerprint density at radius 3 is 3.22 bits per heavy atom. The number of hydrogen-bond acceptors (Lipinski definition) is 2. The van der Waals surface area contributed by atoms with E-state index in [1.54, 1.807) is 6.33 Å². The number of rotatable bonds is 4. The molecule has 4 heteroatoms. The first-order chi connectivity index (χ1) is 8.83. The fraction of sp³-hybridized carbons (Fsp3) is 0.357. The zero-order chi connectivity index (χ0) is 12.4. The third kappa shape index (κ3) is 2.42. The maximum Gasteiger partial charge on any atom is 0.0921 e. The van der Waals surface area contributed by atoms with E-state index in [0.717, 1.165) is 24.4 Å². The van der Waals surface area contributed by atoms with Gasteiger partial charge in [-0.3, -0.25) is 0 Å². The standard InChI is InChI=1S/C14H16ClN3/c15-11-2-3-13-10(7-11)1-4-14(13)17-6-5-12-8-16-9-18-12/h2-3,7-9,14,17H,1,4-6H2,(H,16,18). The second-order valence-corrected chi connectivity index (χ2v) is 5.15. The van der Waals surface area contributed by atoms with Crippen LogP contribution in [0.2, 0.25) is 5.02 Å². The summed E-state index contributed by atoms with van der Waals surface area (Å²) in [7, 11) is 0. The molecule has 18 heavy (non-hydrogen) atoms. The van der Waals surface area contributed by atoms with Gasteiger partial charge in [0.2, 0.25) is 0 Å². The predicted octanol–water partition coefficient (Wildman–Crippen LogP) is 2.88. The first-order valence-corrected chi connectivity index (χ1v) is 6.69. The van der Waals surface area contributed by atoms with Gasteiger partial charge < -0.3 is 10.3 Å². The van der Waals surface area contributed by atoms with Crippen molar-refractivity contribution in [1.82, 2.24) is 15.3 Å². The first-order valence-electron chi connectivity index (χ1n) is 6.32. The molecule has 0 saturated carbocycles. The van der Waals surface area contributed by atoms with Crippen LogP contribution < -0.4 is 5.32 Å². The lowest BCUT2D eigenvalue weighted by molar-refractivity contribution is 0.532. The molecule has 3 rings (SSSR count). The van der Waals surface area contributed by atoms with Crippen LogP contribution >= 0.6 is 11.6 Å². The summed E-state index contributed by atoms with van der Waals surface area (Å²) in [6, 6.07) is 6.70. The molecule has 0 radical (unpaired) electrons. The highest BCUT2D eigenvalue weighted by atomic mass is 35.5. The number of H-pyrrole nitrogens is 1. The number of nitrogens with zero attached hydrogens (tertiary/aromatic N) is 1.